The molecule has 0 unspecified atom stereocenters. The average Bonchev–Trinajstić information content (AvgIpc) is 2.38. The van der Waals surface area contributed by atoms with Gasteiger partial charge in [0.15, 0.2) is 5.78 Å². The molecule has 0 heterocycles. The number of unbranched alkanes of at least 4 members (excludes halogenated alkanes) is 6. The minimum absolute atomic E-state index is 0.128. The second kappa shape index (κ2) is 8.84. The van der Waals surface area contributed by atoms with E-state index in [0.29, 0.717) is 12.0 Å². The number of rotatable bonds is 9. The van der Waals surface area contributed by atoms with Crippen molar-refractivity contribution >= 4 is 5.78 Å². The first-order valence-corrected chi connectivity index (χ1v) is 7.03. The van der Waals surface area contributed by atoms with E-state index >= 15 is 0 Å². The number of Topliss-reactive ketones (excluding diaryl/α,β-unsaturated/α-hetero) is 1. The lowest BCUT2D eigenvalue weighted by molar-refractivity contribution is 0.0979. The summed E-state index contributed by atoms with van der Waals surface area (Å²) in [5.74, 6) is -0.161. The van der Waals surface area contributed by atoms with Crippen LogP contribution in [0.5, 0.6) is 0 Å². The van der Waals surface area contributed by atoms with Crippen molar-refractivity contribution in [1.29, 1.82) is 0 Å². The largest absolute Gasteiger partial charge is 0.294 e. The van der Waals surface area contributed by atoms with Gasteiger partial charge in [0.1, 0.15) is 5.82 Å². The Hall–Kier alpha value is -1.18. The van der Waals surface area contributed by atoms with E-state index in [9.17, 15) is 9.18 Å². The van der Waals surface area contributed by atoms with Crippen LogP contribution >= 0.6 is 0 Å². The Morgan fingerprint density at radius 3 is 2.11 bits per heavy atom. The van der Waals surface area contributed by atoms with E-state index in [1.54, 1.807) is 12.1 Å². The Morgan fingerprint density at radius 2 is 1.50 bits per heavy atom. The minimum Gasteiger partial charge on any atom is -0.294 e. The predicted molar refractivity (Wildman–Crippen MR) is 73.3 cm³/mol. The molecule has 0 saturated heterocycles. The van der Waals surface area contributed by atoms with Gasteiger partial charge in [0.05, 0.1) is 0 Å². The molecule has 0 N–H and O–H groups in total. The molecule has 1 aromatic rings. The van der Waals surface area contributed by atoms with Gasteiger partial charge in [0.2, 0.25) is 0 Å². The molecule has 0 aliphatic heterocycles. The van der Waals surface area contributed by atoms with Crippen LogP contribution in [-0.2, 0) is 0 Å². The van der Waals surface area contributed by atoms with Crippen molar-refractivity contribution in [3.8, 4) is 0 Å². The highest BCUT2D eigenvalue weighted by Gasteiger charge is 2.05. The zero-order valence-corrected chi connectivity index (χ0v) is 11.3. The van der Waals surface area contributed by atoms with Gasteiger partial charge in [-0.15, -0.1) is 0 Å². The number of halogens is 1. The first-order valence-electron chi connectivity index (χ1n) is 7.03. The van der Waals surface area contributed by atoms with Crippen LogP contribution in [-0.4, -0.2) is 5.78 Å². The fourth-order valence-corrected chi connectivity index (χ4v) is 2.02. The third-order valence-corrected chi connectivity index (χ3v) is 3.17. The maximum atomic E-state index is 12.7. The molecular weight excluding hydrogens is 227 g/mol. The normalized spacial score (nSPS) is 10.6. The molecule has 0 radical (unpaired) electrons. The lowest BCUT2D eigenvalue weighted by Gasteiger charge is -2.02. The Balaban J connectivity index is 2.12. The quantitative estimate of drug-likeness (QED) is 0.437. The van der Waals surface area contributed by atoms with E-state index in [2.05, 4.69) is 6.92 Å². The summed E-state index contributed by atoms with van der Waals surface area (Å²) < 4.78 is 12.7. The molecule has 0 amide bonds. The van der Waals surface area contributed by atoms with Crippen molar-refractivity contribution in [2.24, 2.45) is 0 Å². The van der Waals surface area contributed by atoms with Crippen molar-refractivity contribution in [3.05, 3.63) is 35.6 Å². The summed E-state index contributed by atoms with van der Waals surface area (Å²) in [6.07, 6.45) is 9.04. The monoisotopic (exact) mass is 250 g/mol. The number of hydrogen-bond acceptors (Lipinski definition) is 1. The summed E-state index contributed by atoms with van der Waals surface area (Å²) in [5, 5.41) is 0. The summed E-state index contributed by atoms with van der Waals surface area (Å²) in [6.45, 7) is 2.21. The van der Waals surface area contributed by atoms with Crippen molar-refractivity contribution in [1.82, 2.24) is 0 Å². The predicted octanol–water partition coefficient (Wildman–Crippen LogP) is 5.15. The van der Waals surface area contributed by atoms with Crippen LogP contribution in [0.15, 0.2) is 24.3 Å². The molecule has 0 saturated carbocycles. The van der Waals surface area contributed by atoms with Gasteiger partial charge >= 0.3 is 0 Å². The maximum Gasteiger partial charge on any atom is 0.162 e. The number of hydrogen-bond donors (Lipinski definition) is 0. The number of ketones is 1. The highest BCUT2D eigenvalue weighted by Crippen LogP contribution is 2.12. The van der Waals surface area contributed by atoms with Gasteiger partial charge in [-0.25, -0.2) is 4.39 Å². The summed E-state index contributed by atoms with van der Waals surface area (Å²) in [6, 6.07) is 5.83. The SMILES string of the molecule is CCCCCCCCCC(=O)c1ccc(F)cc1. The standard InChI is InChI=1S/C16H23FO/c1-2-3-4-5-6-7-8-9-16(18)14-10-12-15(17)13-11-14/h10-13H,2-9H2,1H3. The van der Waals surface area contributed by atoms with E-state index in [4.69, 9.17) is 0 Å². The molecule has 0 spiro atoms. The first-order chi connectivity index (χ1) is 8.74. The van der Waals surface area contributed by atoms with Crippen LogP contribution in [0, 0.1) is 5.82 Å². The minimum atomic E-state index is -0.289. The molecule has 0 fully saturated rings. The van der Waals surface area contributed by atoms with Crippen molar-refractivity contribution in [3.63, 3.8) is 0 Å². The molecule has 2 heteroatoms. The third kappa shape index (κ3) is 5.95. The molecule has 1 aromatic carbocycles. The third-order valence-electron chi connectivity index (χ3n) is 3.17. The summed E-state index contributed by atoms with van der Waals surface area (Å²) in [4.78, 5) is 11.8. The molecule has 0 bridgehead atoms. The highest BCUT2D eigenvalue weighted by atomic mass is 19.1. The van der Waals surface area contributed by atoms with Gasteiger partial charge in [-0.1, -0.05) is 45.4 Å². The molecule has 1 nitrogen and oxygen atoms in total. The zero-order valence-electron chi connectivity index (χ0n) is 11.3. The molecule has 0 aliphatic rings. The molecule has 18 heavy (non-hydrogen) atoms. The highest BCUT2D eigenvalue weighted by molar-refractivity contribution is 5.95. The second-order valence-corrected chi connectivity index (χ2v) is 4.80. The summed E-state index contributed by atoms with van der Waals surface area (Å²) >= 11 is 0. The molecular formula is C16H23FO. The van der Waals surface area contributed by atoms with Gasteiger partial charge in [0.25, 0.3) is 0 Å². The second-order valence-electron chi connectivity index (χ2n) is 4.80. The number of benzene rings is 1. The van der Waals surface area contributed by atoms with E-state index in [0.717, 1.165) is 12.8 Å². The number of carbonyl (C=O) groups excluding carboxylic acids is 1. The van der Waals surface area contributed by atoms with Crippen LogP contribution in [0.25, 0.3) is 0 Å². The smallest absolute Gasteiger partial charge is 0.162 e. The van der Waals surface area contributed by atoms with Crippen molar-refractivity contribution in [2.45, 2.75) is 58.3 Å². The average molecular weight is 250 g/mol. The Labute approximate surface area is 109 Å². The molecule has 1 rings (SSSR count). The van der Waals surface area contributed by atoms with Gasteiger partial charge in [-0.05, 0) is 30.7 Å². The van der Waals surface area contributed by atoms with Crippen molar-refractivity contribution < 1.29 is 9.18 Å². The van der Waals surface area contributed by atoms with Gasteiger partial charge in [-0.3, -0.25) is 4.79 Å². The lowest BCUT2D eigenvalue weighted by atomic mass is 10.0. The number of carbonyl (C=O) groups is 1. The van der Waals surface area contributed by atoms with E-state index < -0.39 is 0 Å². The van der Waals surface area contributed by atoms with E-state index in [-0.39, 0.29) is 11.6 Å². The van der Waals surface area contributed by atoms with E-state index in [1.807, 2.05) is 0 Å². The van der Waals surface area contributed by atoms with Crippen LogP contribution in [0.1, 0.15) is 68.6 Å². The van der Waals surface area contributed by atoms with Gasteiger partial charge in [0, 0.05) is 12.0 Å². The van der Waals surface area contributed by atoms with Crippen molar-refractivity contribution in [2.75, 3.05) is 0 Å². The Morgan fingerprint density at radius 1 is 0.944 bits per heavy atom. The molecule has 0 aromatic heterocycles. The summed E-state index contributed by atoms with van der Waals surface area (Å²) in [7, 11) is 0. The van der Waals surface area contributed by atoms with Gasteiger partial charge in [-0.2, -0.15) is 0 Å². The van der Waals surface area contributed by atoms with Crippen LogP contribution in [0.4, 0.5) is 4.39 Å². The lowest BCUT2D eigenvalue weighted by Crippen LogP contribution is -1.98. The molecule has 0 atom stereocenters. The summed E-state index contributed by atoms with van der Waals surface area (Å²) in [5.41, 5.74) is 0.627. The first kappa shape index (κ1) is 14.9. The Kier molecular flexibility index (Phi) is 7.31. The molecule has 100 valence electrons. The topological polar surface area (TPSA) is 17.1 Å². The Bertz CT molecular complexity index is 343. The van der Waals surface area contributed by atoms with Gasteiger partial charge < -0.3 is 0 Å². The van der Waals surface area contributed by atoms with Crippen LogP contribution in [0.2, 0.25) is 0 Å². The zero-order chi connectivity index (χ0) is 13.2. The van der Waals surface area contributed by atoms with E-state index in [1.165, 1.54) is 44.2 Å². The van der Waals surface area contributed by atoms with Crippen LogP contribution < -0.4 is 0 Å². The molecule has 0 aliphatic carbocycles. The fourth-order valence-electron chi connectivity index (χ4n) is 2.02. The van der Waals surface area contributed by atoms with Crippen LogP contribution in [0.3, 0.4) is 0 Å². The maximum absolute atomic E-state index is 12.7. The fraction of sp³-hybridized carbons (Fsp3) is 0.562.